The fourth-order valence-corrected chi connectivity index (χ4v) is 0.256. The van der Waals surface area contributed by atoms with Crippen LogP contribution in [-0.2, 0) is 32.0 Å². The molecule has 0 amide bonds. The van der Waals surface area contributed by atoms with Crippen LogP contribution < -0.4 is 5.11 Å². The molecule has 0 fully saturated rings. The van der Waals surface area contributed by atoms with Crippen LogP contribution in [0.25, 0.3) is 0 Å². The van der Waals surface area contributed by atoms with Crippen LogP contribution >= 0.6 is 0 Å². The van der Waals surface area contributed by atoms with Crippen molar-refractivity contribution >= 4 is 12.2 Å². The second kappa shape index (κ2) is 15.1. The molecule has 88 valence electrons. The van der Waals surface area contributed by atoms with Crippen molar-refractivity contribution in [1.29, 1.82) is 0 Å². The van der Waals surface area contributed by atoms with E-state index in [1.165, 1.54) is 0 Å². The molecule has 0 aromatic rings. The average Bonchev–Trinajstić information content (AvgIpc) is 2.06. The average molecular weight is 298 g/mol. The maximum absolute atomic E-state index is 9.34. The summed E-state index contributed by atoms with van der Waals surface area (Å²) in [4.78, 5) is 13.8. The molecule has 0 heterocycles. The van der Waals surface area contributed by atoms with Gasteiger partial charge < -0.3 is 19.8 Å². The van der Waals surface area contributed by atoms with Crippen LogP contribution in [0.15, 0.2) is 5.16 Å². The van der Waals surface area contributed by atoms with Gasteiger partial charge in [-0.2, -0.15) is 0 Å². The maximum Gasteiger partial charge on any atom is 1.00 e. The summed E-state index contributed by atoms with van der Waals surface area (Å²) >= 11 is 0. The molecule has 0 aliphatic heterocycles. The first-order valence-corrected chi connectivity index (χ1v) is 4.00. The largest absolute Gasteiger partial charge is 1.00 e. The molecule has 1 N–H and O–H groups in total. The number of carboxylic acids is 1. The third-order valence-corrected chi connectivity index (χ3v) is 0.939. The van der Waals surface area contributed by atoms with E-state index in [2.05, 4.69) is 16.9 Å². The maximum atomic E-state index is 9.34. The molecule has 0 rings (SSSR count). The standard InChI is InChI=1S/C5H11NO.C3H6O3.Ag/c1-3-4-5-6-7-2;1-2(4)3(5)6;/h5H,3-4H2,1-2H3;2,4H,1H3,(H,5,6);/q;;+1/p-1. The molecule has 6 heteroatoms. The van der Waals surface area contributed by atoms with Crippen LogP contribution in [-0.4, -0.2) is 30.5 Å². The van der Waals surface area contributed by atoms with Crippen molar-refractivity contribution in [2.45, 2.75) is 32.8 Å². The number of oxime groups is 1. The Labute approximate surface area is 99.6 Å². The molecule has 0 bridgehead atoms. The number of aliphatic hydroxyl groups excluding tert-OH is 1. The molecule has 1 atom stereocenters. The molecule has 14 heavy (non-hydrogen) atoms. The molecular formula is C8H16AgNO4. The van der Waals surface area contributed by atoms with E-state index < -0.39 is 12.1 Å². The number of carbonyl (C=O) groups is 1. The van der Waals surface area contributed by atoms with Gasteiger partial charge in [0.15, 0.2) is 0 Å². The number of aliphatic carboxylic acids is 1. The Morgan fingerprint density at radius 3 is 2.36 bits per heavy atom. The van der Waals surface area contributed by atoms with Gasteiger partial charge in [-0.25, -0.2) is 0 Å². The van der Waals surface area contributed by atoms with Crippen LogP contribution in [0, 0.1) is 0 Å². The quantitative estimate of drug-likeness (QED) is 0.432. The normalized spacial score (nSPS) is 10.9. The van der Waals surface area contributed by atoms with Crippen molar-refractivity contribution < 1.29 is 42.2 Å². The molecule has 0 spiro atoms. The topological polar surface area (TPSA) is 82.0 Å². The molecule has 5 nitrogen and oxygen atoms in total. The van der Waals surface area contributed by atoms with E-state index in [-0.39, 0.29) is 22.4 Å². The van der Waals surface area contributed by atoms with Crippen molar-refractivity contribution in [2.75, 3.05) is 7.11 Å². The Kier molecular flexibility index (Phi) is 20.8. The first-order chi connectivity index (χ1) is 6.06. The van der Waals surface area contributed by atoms with Crippen LogP contribution in [0.5, 0.6) is 0 Å². The van der Waals surface area contributed by atoms with Gasteiger partial charge in [0.1, 0.15) is 7.11 Å². The van der Waals surface area contributed by atoms with Crippen LogP contribution in [0.2, 0.25) is 0 Å². The second-order valence-electron chi connectivity index (χ2n) is 2.25. The predicted molar refractivity (Wildman–Crippen MR) is 47.1 cm³/mol. The van der Waals surface area contributed by atoms with E-state index >= 15 is 0 Å². The van der Waals surface area contributed by atoms with Crippen LogP contribution in [0.1, 0.15) is 26.7 Å². The van der Waals surface area contributed by atoms with Crippen LogP contribution in [0.3, 0.4) is 0 Å². The predicted octanol–water partition coefficient (Wildman–Crippen LogP) is -0.467. The Morgan fingerprint density at radius 2 is 2.14 bits per heavy atom. The summed E-state index contributed by atoms with van der Waals surface area (Å²) in [5.74, 6) is -1.44. The van der Waals surface area contributed by atoms with Gasteiger partial charge in [0.05, 0.1) is 12.1 Å². The van der Waals surface area contributed by atoms with E-state index in [4.69, 9.17) is 5.11 Å². The minimum atomic E-state index is -1.44. The van der Waals surface area contributed by atoms with Gasteiger partial charge in [-0.05, 0) is 13.3 Å². The van der Waals surface area contributed by atoms with Gasteiger partial charge in [0, 0.05) is 6.21 Å². The van der Waals surface area contributed by atoms with Crippen molar-refractivity contribution in [2.24, 2.45) is 5.16 Å². The molecule has 1 unspecified atom stereocenters. The molecule has 0 saturated heterocycles. The number of nitrogens with zero attached hydrogens (tertiary/aromatic N) is 1. The van der Waals surface area contributed by atoms with Gasteiger partial charge in [0.2, 0.25) is 0 Å². The minimum absolute atomic E-state index is 0. The summed E-state index contributed by atoms with van der Waals surface area (Å²) in [5, 5.41) is 20.8. The number of hydrogen-bond donors (Lipinski definition) is 1. The van der Waals surface area contributed by atoms with E-state index in [1.807, 2.05) is 0 Å². The van der Waals surface area contributed by atoms with Gasteiger partial charge in [-0.3, -0.25) is 0 Å². The zero-order chi connectivity index (χ0) is 10.7. The summed E-state index contributed by atoms with van der Waals surface area (Å²) in [7, 11) is 1.55. The molecule has 0 aliphatic carbocycles. The zero-order valence-corrected chi connectivity index (χ0v) is 9.97. The molecule has 0 radical (unpaired) electrons. The molecule has 0 aliphatic rings. The van der Waals surface area contributed by atoms with Crippen molar-refractivity contribution in [1.82, 2.24) is 0 Å². The smallest absolute Gasteiger partial charge is 0.547 e. The molecule has 0 aromatic heterocycles. The Balaban J connectivity index is -0.000000163. The fraction of sp³-hybridized carbons (Fsp3) is 0.750. The monoisotopic (exact) mass is 297 g/mol. The molecular weight excluding hydrogens is 282 g/mol. The first kappa shape index (κ1) is 19.2. The second-order valence-corrected chi connectivity index (χ2v) is 2.25. The van der Waals surface area contributed by atoms with Crippen molar-refractivity contribution in [3.8, 4) is 0 Å². The summed E-state index contributed by atoms with van der Waals surface area (Å²) in [6.07, 6.45) is 2.56. The van der Waals surface area contributed by atoms with E-state index in [0.29, 0.717) is 0 Å². The van der Waals surface area contributed by atoms with Gasteiger partial charge in [-0.1, -0.05) is 18.5 Å². The fourth-order valence-electron chi connectivity index (χ4n) is 0.256. The number of hydrogen-bond acceptors (Lipinski definition) is 5. The number of aliphatic hydroxyl groups is 1. The van der Waals surface area contributed by atoms with Gasteiger partial charge in [-0.15, -0.1) is 0 Å². The summed E-state index contributed by atoms with van der Waals surface area (Å²) in [5.41, 5.74) is 0. The Bertz CT molecular complexity index is 150. The third-order valence-electron chi connectivity index (χ3n) is 0.939. The first-order valence-electron chi connectivity index (χ1n) is 4.00. The number of unbranched alkanes of at least 4 members (excludes halogenated alkanes) is 1. The van der Waals surface area contributed by atoms with Crippen LogP contribution in [0.4, 0.5) is 0 Å². The zero-order valence-electron chi connectivity index (χ0n) is 8.49. The summed E-state index contributed by atoms with van der Waals surface area (Å²) in [6.45, 7) is 3.23. The SMILES string of the molecule is CC(O)C(=O)[O-].CCCC=NOC.[Ag+]. The summed E-state index contributed by atoms with van der Waals surface area (Å²) < 4.78 is 0. The Hall–Kier alpha value is -0.360. The third kappa shape index (κ3) is 22.6. The number of carbonyl (C=O) groups excluding carboxylic acids is 1. The molecule has 0 saturated carbocycles. The van der Waals surface area contributed by atoms with Gasteiger partial charge in [0.25, 0.3) is 0 Å². The number of carboxylic acid groups (broad SMARTS) is 1. The van der Waals surface area contributed by atoms with E-state index in [0.717, 1.165) is 19.8 Å². The summed E-state index contributed by atoms with van der Waals surface area (Å²) in [6, 6.07) is 0. The van der Waals surface area contributed by atoms with E-state index in [9.17, 15) is 9.90 Å². The molecule has 0 aromatic carbocycles. The van der Waals surface area contributed by atoms with E-state index in [1.54, 1.807) is 13.3 Å². The van der Waals surface area contributed by atoms with Crippen molar-refractivity contribution in [3.63, 3.8) is 0 Å². The minimum Gasteiger partial charge on any atom is -0.547 e. The number of rotatable bonds is 4. The van der Waals surface area contributed by atoms with Crippen molar-refractivity contribution in [3.05, 3.63) is 0 Å². The Morgan fingerprint density at radius 1 is 1.71 bits per heavy atom. The van der Waals surface area contributed by atoms with Gasteiger partial charge >= 0.3 is 22.4 Å².